The molecule has 0 saturated heterocycles. The Kier molecular flexibility index (Phi) is 8.32. The van der Waals surface area contributed by atoms with Gasteiger partial charge in [0.2, 0.25) is 10.0 Å². The molecule has 160 valence electrons. The largest absolute Gasteiger partial charge is 0.463 e. The molecule has 1 atom stereocenters. The first-order chi connectivity index (χ1) is 14.2. The normalized spacial score (nSPS) is 12.2. The van der Waals surface area contributed by atoms with Gasteiger partial charge in [0.1, 0.15) is 0 Å². The monoisotopic (exact) mass is 430 g/mol. The molecule has 0 saturated carbocycles. The van der Waals surface area contributed by atoms with Gasteiger partial charge < -0.3 is 10.1 Å². The van der Waals surface area contributed by atoms with Gasteiger partial charge in [-0.05, 0) is 43.7 Å². The average molecular weight is 431 g/mol. The highest BCUT2D eigenvalue weighted by molar-refractivity contribution is 7.89. The molecule has 2 aromatic carbocycles. The zero-order valence-electron chi connectivity index (χ0n) is 17.0. The lowest BCUT2D eigenvalue weighted by atomic mass is 10.0. The Bertz CT molecular complexity index is 970. The van der Waals surface area contributed by atoms with Gasteiger partial charge >= 0.3 is 5.97 Å². The number of sulfonamides is 1. The Labute approximate surface area is 177 Å². The summed E-state index contributed by atoms with van der Waals surface area (Å²) >= 11 is 0. The minimum absolute atomic E-state index is 0.0220. The molecule has 0 aromatic heterocycles. The second kappa shape index (κ2) is 10.7. The molecule has 30 heavy (non-hydrogen) atoms. The third-order valence-corrected chi connectivity index (χ3v) is 5.53. The van der Waals surface area contributed by atoms with Gasteiger partial charge in [0.05, 0.1) is 23.5 Å². The van der Waals surface area contributed by atoms with Crippen molar-refractivity contribution in [1.29, 1.82) is 0 Å². The summed E-state index contributed by atoms with van der Waals surface area (Å²) < 4.78 is 31.8. The van der Waals surface area contributed by atoms with Crippen LogP contribution in [-0.4, -0.2) is 32.9 Å². The van der Waals surface area contributed by atoms with Gasteiger partial charge in [-0.15, -0.1) is 6.58 Å². The number of amides is 1. The van der Waals surface area contributed by atoms with E-state index in [0.717, 1.165) is 5.56 Å². The number of esters is 1. The van der Waals surface area contributed by atoms with Crippen LogP contribution in [0.25, 0.3) is 0 Å². The highest BCUT2D eigenvalue weighted by Crippen LogP contribution is 2.19. The molecule has 0 radical (unpaired) electrons. The predicted octanol–water partition coefficient (Wildman–Crippen LogP) is 2.96. The summed E-state index contributed by atoms with van der Waals surface area (Å²) in [6, 6.07) is 14.1. The minimum atomic E-state index is -3.67. The third-order valence-electron chi connectivity index (χ3n) is 4.09. The topological polar surface area (TPSA) is 102 Å². The molecule has 2 aromatic rings. The molecule has 0 fully saturated rings. The Morgan fingerprint density at radius 2 is 1.70 bits per heavy atom. The van der Waals surface area contributed by atoms with Crippen molar-refractivity contribution in [2.45, 2.75) is 37.3 Å². The molecule has 0 aliphatic heterocycles. The van der Waals surface area contributed by atoms with Crippen molar-refractivity contribution in [3.8, 4) is 0 Å². The van der Waals surface area contributed by atoms with Crippen molar-refractivity contribution in [2.75, 3.05) is 6.54 Å². The lowest BCUT2D eigenvalue weighted by Crippen LogP contribution is -2.31. The summed E-state index contributed by atoms with van der Waals surface area (Å²) in [4.78, 5) is 24.9. The van der Waals surface area contributed by atoms with Gasteiger partial charge in [0, 0.05) is 12.1 Å². The first-order valence-electron chi connectivity index (χ1n) is 9.49. The van der Waals surface area contributed by atoms with Gasteiger partial charge in [0.15, 0.2) is 0 Å². The van der Waals surface area contributed by atoms with Crippen LogP contribution in [0, 0.1) is 0 Å². The number of carbonyl (C=O) groups is 2. The second-order valence-electron chi connectivity index (χ2n) is 6.84. The fourth-order valence-corrected chi connectivity index (χ4v) is 3.69. The Balaban J connectivity index is 2.16. The SMILES string of the molecule is C=CCNS(=O)(=O)c1ccc(C(=O)NC(CC(=O)OC(C)C)c2ccccc2)cc1. The van der Waals surface area contributed by atoms with Crippen LogP contribution in [0.5, 0.6) is 0 Å². The van der Waals surface area contributed by atoms with Crippen LogP contribution in [-0.2, 0) is 19.6 Å². The van der Waals surface area contributed by atoms with E-state index in [-0.39, 0.29) is 29.5 Å². The number of ether oxygens (including phenoxy) is 1. The Morgan fingerprint density at radius 1 is 1.07 bits per heavy atom. The van der Waals surface area contributed by atoms with Gasteiger partial charge in [-0.1, -0.05) is 36.4 Å². The van der Waals surface area contributed by atoms with Crippen LogP contribution >= 0.6 is 0 Å². The van der Waals surface area contributed by atoms with Gasteiger partial charge in [-0.3, -0.25) is 9.59 Å². The standard InChI is InChI=1S/C22H26N2O5S/c1-4-14-23-30(27,28)19-12-10-18(11-13-19)22(26)24-20(15-21(25)29-16(2)3)17-8-6-5-7-9-17/h4-13,16,20,23H,1,14-15H2,2-3H3,(H,24,26). The second-order valence-corrected chi connectivity index (χ2v) is 8.61. The summed E-state index contributed by atoms with van der Waals surface area (Å²) in [6.45, 7) is 7.09. The molecule has 0 bridgehead atoms. The molecule has 1 amide bonds. The predicted molar refractivity (Wildman–Crippen MR) is 114 cm³/mol. The third kappa shape index (κ3) is 6.82. The van der Waals surface area contributed by atoms with Gasteiger partial charge in [-0.2, -0.15) is 0 Å². The summed E-state index contributed by atoms with van der Waals surface area (Å²) in [5.74, 6) is -0.849. The van der Waals surface area contributed by atoms with E-state index >= 15 is 0 Å². The van der Waals surface area contributed by atoms with E-state index in [1.165, 1.54) is 30.3 Å². The zero-order chi connectivity index (χ0) is 22.1. The Morgan fingerprint density at radius 3 is 2.27 bits per heavy atom. The zero-order valence-corrected chi connectivity index (χ0v) is 17.8. The lowest BCUT2D eigenvalue weighted by molar-refractivity contribution is -0.147. The molecule has 0 heterocycles. The van der Waals surface area contributed by atoms with E-state index in [9.17, 15) is 18.0 Å². The first kappa shape index (κ1) is 23.3. The summed E-state index contributed by atoms with van der Waals surface area (Å²) in [5, 5.41) is 2.83. The van der Waals surface area contributed by atoms with Crippen molar-refractivity contribution in [1.82, 2.24) is 10.0 Å². The van der Waals surface area contributed by atoms with E-state index in [0.29, 0.717) is 0 Å². The maximum Gasteiger partial charge on any atom is 0.308 e. The molecule has 2 rings (SSSR count). The number of carbonyl (C=O) groups excluding carboxylic acids is 2. The number of hydrogen-bond acceptors (Lipinski definition) is 5. The number of benzene rings is 2. The highest BCUT2D eigenvalue weighted by Gasteiger charge is 2.21. The van der Waals surface area contributed by atoms with Crippen LogP contribution in [0.15, 0.2) is 72.1 Å². The van der Waals surface area contributed by atoms with E-state index < -0.39 is 27.9 Å². The van der Waals surface area contributed by atoms with Crippen LogP contribution in [0.4, 0.5) is 0 Å². The van der Waals surface area contributed by atoms with E-state index in [4.69, 9.17) is 4.74 Å². The highest BCUT2D eigenvalue weighted by atomic mass is 32.2. The van der Waals surface area contributed by atoms with Crippen molar-refractivity contribution < 1.29 is 22.7 Å². The minimum Gasteiger partial charge on any atom is -0.463 e. The van der Waals surface area contributed by atoms with Gasteiger partial charge in [-0.25, -0.2) is 13.1 Å². The molecule has 1 unspecified atom stereocenters. The van der Waals surface area contributed by atoms with Crippen LogP contribution in [0.3, 0.4) is 0 Å². The summed E-state index contributed by atoms with van der Waals surface area (Å²) in [7, 11) is -3.67. The number of rotatable bonds is 10. The van der Waals surface area contributed by atoms with Crippen LogP contribution in [0.1, 0.15) is 42.2 Å². The smallest absolute Gasteiger partial charge is 0.308 e. The van der Waals surface area contributed by atoms with Crippen LogP contribution < -0.4 is 10.0 Å². The van der Waals surface area contributed by atoms with Crippen molar-refractivity contribution in [3.05, 3.63) is 78.4 Å². The number of nitrogens with one attached hydrogen (secondary N) is 2. The average Bonchev–Trinajstić information content (AvgIpc) is 2.72. The summed E-state index contributed by atoms with van der Waals surface area (Å²) in [5.41, 5.74) is 1.04. The van der Waals surface area contributed by atoms with Crippen LogP contribution in [0.2, 0.25) is 0 Å². The maximum absolute atomic E-state index is 12.7. The molecule has 7 nitrogen and oxygen atoms in total. The molecule has 2 N–H and O–H groups in total. The number of hydrogen-bond donors (Lipinski definition) is 2. The maximum atomic E-state index is 12.7. The van der Waals surface area contributed by atoms with Gasteiger partial charge in [0.25, 0.3) is 5.91 Å². The van der Waals surface area contributed by atoms with E-state index in [1.807, 2.05) is 30.3 Å². The molecule has 8 heteroatoms. The summed E-state index contributed by atoms with van der Waals surface area (Å²) in [6.07, 6.45) is 1.16. The van der Waals surface area contributed by atoms with E-state index in [1.54, 1.807) is 13.8 Å². The van der Waals surface area contributed by atoms with Crippen molar-refractivity contribution in [3.63, 3.8) is 0 Å². The quantitative estimate of drug-likeness (QED) is 0.446. The molecule has 0 aliphatic carbocycles. The fraction of sp³-hybridized carbons (Fsp3) is 0.273. The van der Waals surface area contributed by atoms with Crippen molar-refractivity contribution >= 4 is 21.9 Å². The molecule has 0 spiro atoms. The Hall–Kier alpha value is -2.97. The molecular weight excluding hydrogens is 404 g/mol. The fourth-order valence-electron chi connectivity index (χ4n) is 2.69. The molecule has 0 aliphatic rings. The van der Waals surface area contributed by atoms with Crippen molar-refractivity contribution in [2.24, 2.45) is 0 Å². The lowest BCUT2D eigenvalue weighted by Gasteiger charge is -2.19. The first-order valence-corrected chi connectivity index (χ1v) is 11.0. The van der Waals surface area contributed by atoms with E-state index in [2.05, 4.69) is 16.6 Å². The molecular formula is C22H26N2O5S.